The Morgan fingerprint density at radius 2 is 1.95 bits per heavy atom. The molecule has 2 N–H and O–H groups in total. The van der Waals surface area contributed by atoms with Gasteiger partial charge in [0, 0.05) is 16.1 Å². The number of benzene rings is 2. The number of nitrogens with two attached hydrogens (primary N) is 1. The summed E-state index contributed by atoms with van der Waals surface area (Å²) in [5.74, 6) is -0.321. The summed E-state index contributed by atoms with van der Waals surface area (Å²) >= 11 is 3.34. The van der Waals surface area contributed by atoms with Gasteiger partial charge in [0.25, 0.3) is 0 Å². The van der Waals surface area contributed by atoms with Gasteiger partial charge >= 0.3 is 0 Å². The van der Waals surface area contributed by atoms with E-state index in [0.717, 1.165) is 22.2 Å². The van der Waals surface area contributed by atoms with Crippen LogP contribution in [0.5, 0.6) is 5.75 Å². The maximum Gasteiger partial charge on any atom is 0.126 e. The van der Waals surface area contributed by atoms with E-state index in [1.165, 1.54) is 6.07 Å². The van der Waals surface area contributed by atoms with E-state index in [4.69, 9.17) is 10.5 Å². The van der Waals surface area contributed by atoms with Crippen LogP contribution in [-0.2, 0) is 6.42 Å². The quantitative estimate of drug-likeness (QED) is 0.912. The molecule has 0 heterocycles. The summed E-state index contributed by atoms with van der Waals surface area (Å²) in [6, 6.07) is 8.32. The van der Waals surface area contributed by atoms with E-state index in [9.17, 15) is 8.78 Å². The fourth-order valence-corrected chi connectivity index (χ4v) is 2.38. The van der Waals surface area contributed by atoms with Crippen LogP contribution in [0.3, 0.4) is 0 Å². The van der Waals surface area contributed by atoms with E-state index >= 15 is 0 Å². The van der Waals surface area contributed by atoms with Crippen LogP contribution in [0.2, 0.25) is 0 Å². The molecule has 0 spiro atoms. The van der Waals surface area contributed by atoms with Crippen LogP contribution in [0, 0.1) is 11.6 Å². The van der Waals surface area contributed by atoms with Crippen molar-refractivity contribution in [1.82, 2.24) is 0 Å². The molecule has 2 aromatic carbocycles. The van der Waals surface area contributed by atoms with E-state index in [0.29, 0.717) is 5.75 Å². The maximum atomic E-state index is 13.6. The van der Waals surface area contributed by atoms with Gasteiger partial charge in [-0.3, -0.25) is 0 Å². The van der Waals surface area contributed by atoms with Crippen LogP contribution < -0.4 is 10.5 Å². The molecule has 106 valence electrons. The first-order chi connectivity index (χ1) is 9.51. The first kappa shape index (κ1) is 14.9. The first-order valence-corrected chi connectivity index (χ1v) is 6.83. The highest BCUT2D eigenvalue weighted by Crippen LogP contribution is 2.29. The molecule has 0 saturated heterocycles. The van der Waals surface area contributed by atoms with Crippen LogP contribution in [-0.4, -0.2) is 7.11 Å². The molecule has 0 radical (unpaired) electrons. The third kappa shape index (κ3) is 3.35. The molecule has 2 rings (SSSR count). The Morgan fingerprint density at radius 3 is 2.65 bits per heavy atom. The lowest BCUT2D eigenvalue weighted by molar-refractivity contribution is 0.405. The molecule has 0 aliphatic carbocycles. The second-order valence-electron chi connectivity index (χ2n) is 4.43. The van der Waals surface area contributed by atoms with Crippen LogP contribution in [0.4, 0.5) is 8.78 Å². The molecule has 0 aliphatic rings. The van der Waals surface area contributed by atoms with Gasteiger partial charge in [0.05, 0.1) is 7.11 Å². The summed E-state index contributed by atoms with van der Waals surface area (Å²) in [5.41, 5.74) is 7.09. The average Bonchev–Trinajstić information content (AvgIpc) is 2.42. The molecule has 0 aromatic heterocycles. The molecule has 5 heteroatoms. The Kier molecular flexibility index (Phi) is 4.73. The number of rotatable bonds is 4. The van der Waals surface area contributed by atoms with Crippen LogP contribution >= 0.6 is 15.9 Å². The molecule has 0 bridgehead atoms. The maximum absolute atomic E-state index is 13.6. The SMILES string of the molecule is COc1cc(Br)ccc1C(N)Cc1cc(F)ccc1F. The molecule has 0 amide bonds. The zero-order chi connectivity index (χ0) is 14.7. The van der Waals surface area contributed by atoms with Gasteiger partial charge in [0.15, 0.2) is 0 Å². The molecule has 0 fully saturated rings. The van der Waals surface area contributed by atoms with Gasteiger partial charge < -0.3 is 10.5 Å². The Labute approximate surface area is 124 Å². The highest BCUT2D eigenvalue weighted by molar-refractivity contribution is 9.10. The van der Waals surface area contributed by atoms with Crippen molar-refractivity contribution in [2.45, 2.75) is 12.5 Å². The van der Waals surface area contributed by atoms with Gasteiger partial charge in [0.1, 0.15) is 17.4 Å². The van der Waals surface area contributed by atoms with Gasteiger partial charge in [-0.25, -0.2) is 8.78 Å². The summed E-state index contributed by atoms with van der Waals surface area (Å²) in [7, 11) is 1.54. The van der Waals surface area contributed by atoms with E-state index in [1.807, 2.05) is 12.1 Å². The third-order valence-corrected chi connectivity index (χ3v) is 3.54. The van der Waals surface area contributed by atoms with Crippen LogP contribution in [0.1, 0.15) is 17.2 Å². The molecule has 2 nitrogen and oxygen atoms in total. The molecule has 1 atom stereocenters. The summed E-state index contributed by atoms with van der Waals surface area (Å²) in [6.45, 7) is 0. The monoisotopic (exact) mass is 341 g/mol. The van der Waals surface area contributed by atoms with Crippen molar-refractivity contribution < 1.29 is 13.5 Å². The zero-order valence-corrected chi connectivity index (χ0v) is 12.5. The van der Waals surface area contributed by atoms with Crippen molar-refractivity contribution in [2.75, 3.05) is 7.11 Å². The fraction of sp³-hybridized carbons (Fsp3) is 0.200. The van der Waals surface area contributed by atoms with Gasteiger partial charge in [-0.15, -0.1) is 0 Å². The zero-order valence-electron chi connectivity index (χ0n) is 10.9. The molecular formula is C15H14BrF2NO. The number of hydrogen-bond donors (Lipinski definition) is 1. The van der Waals surface area contributed by atoms with Crippen molar-refractivity contribution >= 4 is 15.9 Å². The minimum atomic E-state index is -0.477. The lowest BCUT2D eigenvalue weighted by atomic mass is 9.98. The third-order valence-electron chi connectivity index (χ3n) is 3.04. The van der Waals surface area contributed by atoms with Gasteiger partial charge in [0.2, 0.25) is 0 Å². The summed E-state index contributed by atoms with van der Waals surface area (Å²) in [6.07, 6.45) is 0.196. The number of hydrogen-bond acceptors (Lipinski definition) is 2. The second kappa shape index (κ2) is 6.33. The topological polar surface area (TPSA) is 35.2 Å². The average molecular weight is 342 g/mol. The van der Waals surface area contributed by atoms with Crippen molar-refractivity contribution in [3.8, 4) is 5.75 Å². The molecule has 1 unspecified atom stereocenters. The number of halogens is 3. The second-order valence-corrected chi connectivity index (χ2v) is 5.35. The van der Waals surface area contributed by atoms with Crippen molar-refractivity contribution in [2.24, 2.45) is 5.73 Å². The van der Waals surface area contributed by atoms with Crippen LogP contribution in [0.25, 0.3) is 0 Å². The highest BCUT2D eigenvalue weighted by atomic mass is 79.9. The largest absolute Gasteiger partial charge is 0.496 e. The van der Waals surface area contributed by atoms with E-state index in [1.54, 1.807) is 13.2 Å². The molecule has 2 aromatic rings. The minimum Gasteiger partial charge on any atom is -0.496 e. The standard InChI is InChI=1S/C15H14BrF2NO/c1-20-15-8-10(16)2-4-12(15)14(19)7-9-6-11(17)3-5-13(9)18/h2-6,8,14H,7,19H2,1H3. The van der Waals surface area contributed by atoms with E-state index in [-0.39, 0.29) is 12.0 Å². The number of ether oxygens (including phenoxy) is 1. The van der Waals surface area contributed by atoms with Gasteiger partial charge in [-0.05, 0) is 42.3 Å². The lowest BCUT2D eigenvalue weighted by Crippen LogP contribution is -2.15. The Morgan fingerprint density at radius 1 is 1.20 bits per heavy atom. The summed E-state index contributed by atoms with van der Waals surface area (Å²) in [4.78, 5) is 0. The van der Waals surface area contributed by atoms with Gasteiger partial charge in [-0.1, -0.05) is 22.0 Å². The first-order valence-electron chi connectivity index (χ1n) is 6.04. The molecule has 20 heavy (non-hydrogen) atoms. The van der Waals surface area contributed by atoms with Crippen molar-refractivity contribution in [1.29, 1.82) is 0 Å². The Bertz CT molecular complexity index is 619. The Hall–Kier alpha value is -1.46. The van der Waals surface area contributed by atoms with E-state index in [2.05, 4.69) is 15.9 Å². The predicted octanol–water partition coefficient (Wildman–Crippen LogP) is 3.98. The Balaban J connectivity index is 2.28. The molecule has 0 saturated carbocycles. The minimum absolute atomic E-state index is 0.196. The van der Waals surface area contributed by atoms with Crippen LogP contribution in [0.15, 0.2) is 40.9 Å². The lowest BCUT2D eigenvalue weighted by Gasteiger charge is -2.16. The smallest absolute Gasteiger partial charge is 0.126 e. The summed E-state index contributed by atoms with van der Waals surface area (Å²) < 4.78 is 32.9. The number of methoxy groups -OCH3 is 1. The molecule has 0 aliphatic heterocycles. The normalized spacial score (nSPS) is 12.2. The van der Waals surface area contributed by atoms with Gasteiger partial charge in [-0.2, -0.15) is 0 Å². The van der Waals surface area contributed by atoms with Crippen molar-refractivity contribution in [3.63, 3.8) is 0 Å². The fourth-order valence-electron chi connectivity index (χ4n) is 2.04. The highest BCUT2D eigenvalue weighted by Gasteiger charge is 2.15. The van der Waals surface area contributed by atoms with Crippen molar-refractivity contribution in [3.05, 3.63) is 63.6 Å². The molecular weight excluding hydrogens is 328 g/mol. The van der Waals surface area contributed by atoms with E-state index < -0.39 is 17.7 Å². The predicted molar refractivity (Wildman–Crippen MR) is 77.7 cm³/mol. The summed E-state index contributed by atoms with van der Waals surface area (Å²) in [5, 5.41) is 0.